The van der Waals surface area contributed by atoms with Crippen LogP contribution in [0.3, 0.4) is 0 Å². The number of primary amides is 1. The first-order chi connectivity index (χ1) is 19.2. The number of halogens is 1. The minimum absolute atomic E-state index is 0.0713. The van der Waals surface area contributed by atoms with E-state index in [9.17, 15) is 14.4 Å². The van der Waals surface area contributed by atoms with Crippen molar-refractivity contribution >= 4 is 50.7 Å². The number of alkyl halides is 1. The number of hydrogen-bond donors (Lipinski definition) is 3. The number of ether oxygens (including phenoxy) is 3. The number of aromatic nitrogens is 4. The normalized spacial score (nSPS) is 11.4. The molecule has 14 heteroatoms. The molecule has 216 valence electrons. The van der Waals surface area contributed by atoms with E-state index in [1.54, 1.807) is 21.4 Å². The molecule has 13 nitrogen and oxygen atoms in total. The molecule has 4 N–H and O–H groups in total. The highest BCUT2D eigenvalue weighted by atomic mass is 79.9. The highest BCUT2D eigenvalue weighted by Gasteiger charge is 2.21. The maximum Gasteiger partial charge on any atom is 0.305 e. The van der Waals surface area contributed by atoms with E-state index in [0.29, 0.717) is 40.9 Å². The van der Waals surface area contributed by atoms with E-state index in [1.165, 1.54) is 6.07 Å². The highest BCUT2D eigenvalue weighted by Crippen LogP contribution is 2.31. The number of carboxylic acids is 1. The van der Waals surface area contributed by atoms with Gasteiger partial charge in [0.05, 0.1) is 44.1 Å². The van der Waals surface area contributed by atoms with Crippen molar-refractivity contribution in [3.63, 3.8) is 0 Å². The van der Waals surface area contributed by atoms with Crippen LogP contribution >= 0.6 is 15.9 Å². The van der Waals surface area contributed by atoms with E-state index < -0.39 is 11.9 Å². The number of anilines is 1. The molecular weight excluding hydrogens is 588 g/mol. The zero-order chi connectivity index (χ0) is 29.1. The number of nitrogens with zero attached hydrogens (tertiary/aromatic N) is 4. The Kier molecular flexibility index (Phi) is 11.7. The smallest absolute Gasteiger partial charge is 0.305 e. The molecule has 2 amide bonds. The fraction of sp³-hybridized carbons (Fsp3) is 0.423. The van der Waals surface area contributed by atoms with E-state index in [1.807, 2.05) is 26.0 Å². The lowest BCUT2D eigenvalue weighted by atomic mass is 10.1. The second kappa shape index (κ2) is 15.1. The maximum absolute atomic E-state index is 13.2. The van der Waals surface area contributed by atoms with E-state index in [-0.39, 0.29) is 56.9 Å². The summed E-state index contributed by atoms with van der Waals surface area (Å²) in [7, 11) is 0. The van der Waals surface area contributed by atoms with Crippen LogP contribution in [0, 0.1) is 6.92 Å². The maximum atomic E-state index is 13.2. The first-order valence-electron chi connectivity index (χ1n) is 12.7. The summed E-state index contributed by atoms with van der Waals surface area (Å²) in [4.78, 5) is 40.3. The van der Waals surface area contributed by atoms with Crippen molar-refractivity contribution in [2.24, 2.45) is 5.73 Å². The predicted molar refractivity (Wildman–Crippen MR) is 151 cm³/mol. The number of amides is 2. The summed E-state index contributed by atoms with van der Waals surface area (Å²) in [5.41, 5.74) is 7.86. The molecule has 1 aromatic carbocycles. The molecule has 0 unspecified atom stereocenters. The molecule has 0 aliphatic carbocycles. The van der Waals surface area contributed by atoms with Crippen LogP contribution in [0.5, 0.6) is 5.75 Å². The van der Waals surface area contributed by atoms with E-state index in [0.717, 1.165) is 5.69 Å². The molecule has 40 heavy (non-hydrogen) atoms. The molecule has 2 aromatic heterocycles. The third kappa shape index (κ3) is 8.37. The van der Waals surface area contributed by atoms with Crippen LogP contribution in [-0.2, 0) is 27.4 Å². The van der Waals surface area contributed by atoms with E-state index in [4.69, 9.17) is 25.1 Å². The lowest BCUT2D eigenvalue weighted by Gasteiger charge is -2.13. The van der Waals surface area contributed by atoms with Gasteiger partial charge in [-0.15, -0.1) is 0 Å². The molecule has 2 heterocycles. The summed E-state index contributed by atoms with van der Waals surface area (Å²) >= 11 is 3.37. The molecule has 0 spiro atoms. The van der Waals surface area contributed by atoms with Gasteiger partial charge in [0.15, 0.2) is 0 Å². The molecule has 0 aliphatic rings. The number of rotatable bonds is 17. The molecule has 0 atom stereocenters. The first kappa shape index (κ1) is 30.8. The van der Waals surface area contributed by atoms with Crippen LogP contribution in [0.15, 0.2) is 30.4 Å². The number of nitrogens with one attached hydrogen (secondary N) is 1. The van der Waals surface area contributed by atoms with Gasteiger partial charge < -0.3 is 29.6 Å². The van der Waals surface area contributed by atoms with Crippen LogP contribution < -0.4 is 15.8 Å². The number of carboxylic acid groups (broad SMARTS) is 1. The summed E-state index contributed by atoms with van der Waals surface area (Å²) in [5, 5.41) is 16.5. The number of imidazole rings is 1. The Labute approximate surface area is 239 Å². The number of allylic oxidation sites excluding steroid dienone is 2. The first-order valence-corrected chi connectivity index (χ1v) is 13.8. The van der Waals surface area contributed by atoms with Gasteiger partial charge in [0, 0.05) is 24.0 Å². The van der Waals surface area contributed by atoms with Crippen LogP contribution in [-0.4, -0.2) is 80.6 Å². The number of fused-ring (bicyclic) bond motifs is 1. The monoisotopic (exact) mass is 620 g/mol. The SMILES string of the molecule is CCn1nc(C)cc1C(=O)Nc1nc2cc(C(N)=O)cc(OCCOCCOCCC(=O)O)c2n1CC=CCBr. The van der Waals surface area contributed by atoms with E-state index >= 15 is 0 Å². The predicted octanol–water partition coefficient (Wildman–Crippen LogP) is 2.75. The summed E-state index contributed by atoms with van der Waals surface area (Å²) in [5.74, 6) is -1.33. The van der Waals surface area contributed by atoms with Gasteiger partial charge in [0.25, 0.3) is 5.91 Å². The lowest BCUT2D eigenvalue weighted by Crippen LogP contribution is -2.20. The minimum atomic E-state index is -0.925. The largest absolute Gasteiger partial charge is 0.489 e. The average molecular weight is 621 g/mol. The Bertz CT molecular complexity index is 1370. The Morgan fingerprint density at radius 2 is 1.82 bits per heavy atom. The lowest BCUT2D eigenvalue weighted by molar-refractivity contribution is -0.138. The van der Waals surface area contributed by atoms with Gasteiger partial charge in [0.1, 0.15) is 23.6 Å². The minimum Gasteiger partial charge on any atom is -0.489 e. The number of aryl methyl sites for hydroxylation is 2. The van der Waals surface area contributed by atoms with E-state index in [2.05, 4.69) is 31.3 Å². The Morgan fingerprint density at radius 3 is 2.50 bits per heavy atom. The zero-order valence-corrected chi connectivity index (χ0v) is 24.0. The van der Waals surface area contributed by atoms with Gasteiger partial charge in [-0.1, -0.05) is 28.1 Å². The average Bonchev–Trinajstić information content (AvgIpc) is 3.47. The zero-order valence-electron chi connectivity index (χ0n) is 22.4. The molecular formula is C26H33BrN6O7. The van der Waals surface area contributed by atoms with Crippen molar-refractivity contribution in [2.75, 3.05) is 43.7 Å². The van der Waals surface area contributed by atoms with Crippen molar-refractivity contribution < 1.29 is 33.7 Å². The number of aliphatic carboxylic acids is 1. The van der Waals surface area contributed by atoms with Crippen molar-refractivity contribution in [2.45, 2.75) is 33.4 Å². The number of benzene rings is 1. The molecule has 0 fully saturated rings. The third-order valence-electron chi connectivity index (χ3n) is 5.61. The van der Waals surface area contributed by atoms with Gasteiger partial charge in [-0.2, -0.15) is 5.10 Å². The number of carbonyl (C=O) groups is 3. The summed E-state index contributed by atoms with van der Waals surface area (Å²) < 4.78 is 20.1. The van der Waals surface area contributed by atoms with Crippen LogP contribution in [0.25, 0.3) is 11.0 Å². The Morgan fingerprint density at radius 1 is 1.10 bits per heavy atom. The van der Waals surface area contributed by atoms with Crippen molar-refractivity contribution in [3.05, 3.63) is 47.3 Å². The second-order valence-corrected chi connectivity index (χ2v) is 9.18. The Hall–Kier alpha value is -3.75. The molecule has 0 saturated heterocycles. The van der Waals surface area contributed by atoms with Crippen molar-refractivity contribution in [1.82, 2.24) is 19.3 Å². The highest BCUT2D eigenvalue weighted by molar-refractivity contribution is 9.09. The van der Waals surface area contributed by atoms with Crippen LogP contribution in [0.4, 0.5) is 5.95 Å². The molecule has 0 saturated carbocycles. The third-order valence-corrected chi connectivity index (χ3v) is 5.99. The van der Waals surface area contributed by atoms with Crippen LogP contribution in [0.2, 0.25) is 0 Å². The molecule has 3 aromatic rings. The number of carbonyl (C=O) groups excluding carboxylic acids is 2. The number of hydrogen-bond acceptors (Lipinski definition) is 8. The standard InChI is InChI=1S/C26H33BrN6O7/c1-3-33-20(14-17(2)31-33)25(37)30-26-29-19-15-18(24(28)36)16-21(23(19)32(26)8-5-4-7-27)40-13-12-39-11-10-38-9-6-22(34)35/h4-5,14-16H,3,6-13H2,1-2H3,(H2,28,36)(H,34,35)(H,29,30,37). The molecule has 0 bridgehead atoms. The van der Waals surface area contributed by atoms with Crippen molar-refractivity contribution in [3.8, 4) is 5.75 Å². The quantitative estimate of drug-likeness (QED) is 0.116. The Balaban J connectivity index is 1.84. The van der Waals surface area contributed by atoms with Crippen molar-refractivity contribution in [1.29, 1.82) is 0 Å². The number of nitrogens with two attached hydrogens (primary N) is 1. The summed E-state index contributed by atoms with van der Waals surface area (Å²) in [6.07, 6.45) is 3.75. The topological polar surface area (TPSA) is 173 Å². The molecule has 0 radical (unpaired) electrons. The van der Waals surface area contributed by atoms with Gasteiger partial charge >= 0.3 is 5.97 Å². The van der Waals surface area contributed by atoms with Gasteiger partial charge in [-0.3, -0.25) is 24.4 Å². The van der Waals surface area contributed by atoms with Crippen LogP contribution in [0.1, 0.15) is 39.9 Å². The summed E-state index contributed by atoms with van der Waals surface area (Å²) in [6, 6.07) is 4.79. The second-order valence-electron chi connectivity index (χ2n) is 8.54. The van der Waals surface area contributed by atoms with Gasteiger partial charge in [-0.05, 0) is 32.0 Å². The molecule has 3 rings (SSSR count). The van der Waals surface area contributed by atoms with Gasteiger partial charge in [0.2, 0.25) is 11.9 Å². The summed E-state index contributed by atoms with van der Waals surface area (Å²) in [6.45, 7) is 5.58. The van der Waals surface area contributed by atoms with Gasteiger partial charge in [-0.25, -0.2) is 4.98 Å². The fourth-order valence-corrected chi connectivity index (χ4v) is 4.09. The molecule has 0 aliphatic heterocycles. The fourth-order valence-electron chi connectivity index (χ4n) is 3.83.